The molecule has 4 rings (SSSR count). The van der Waals surface area contributed by atoms with E-state index in [9.17, 15) is 4.79 Å². The summed E-state index contributed by atoms with van der Waals surface area (Å²) in [7, 11) is 0. The molecule has 0 radical (unpaired) electrons. The average Bonchev–Trinajstić information content (AvgIpc) is 3.42. The summed E-state index contributed by atoms with van der Waals surface area (Å²) in [5.74, 6) is 1.40. The summed E-state index contributed by atoms with van der Waals surface area (Å²) >= 11 is 3.29. The van der Waals surface area contributed by atoms with Gasteiger partial charge in [0.2, 0.25) is 5.91 Å². The van der Waals surface area contributed by atoms with Crippen LogP contribution < -0.4 is 0 Å². The van der Waals surface area contributed by atoms with E-state index in [0.717, 1.165) is 55.8 Å². The lowest BCUT2D eigenvalue weighted by Gasteiger charge is -2.34. The third-order valence-electron chi connectivity index (χ3n) is 5.70. The van der Waals surface area contributed by atoms with Crippen molar-refractivity contribution in [2.24, 2.45) is 0 Å². The number of carbonyl (C=O) groups is 1. The summed E-state index contributed by atoms with van der Waals surface area (Å²) in [5, 5.41) is 11.5. The van der Waals surface area contributed by atoms with Gasteiger partial charge in [-0.1, -0.05) is 30.0 Å². The highest BCUT2D eigenvalue weighted by molar-refractivity contribution is 7.99. The molecule has 0 N–H and O–H groups in total. The Hall–Kier alpha value is -2.16. The van der Waals surface area contributed by atoms with Gasteiger partial charge < -0.3 is 4.90 Å². The van der Waals surface area contributed by atoms with Crippen LogP contribution in [0.25, 0.3) is 5.69 Å². The Morgan fingerprint density at radius 1 is 1.10 bits per heavy atom. The van der Waals surface area contributed by atoms with Crippen molar-refractivity contribution in [1.29, 1.82) is 0 Å². The molecule has 31 heavy (non-hydrogen) atoms. The van der Waals surface area contributed by atoms with E-state index in [2.05, 4.69) is 69.2 Å². The molecular weight excluding hydrogens is 426 g/mol. The molecule has 8 heteroatoms. The molecule has 1 amide bonds. The Balaban J connectivity index is 1.31. The third-order valence-corrected chi connectivity index (χ3v) is 7.55. The van der Waals surface area contributed by atoms with Gasteiger partial charge in [-0.15, -0.1) is 21.5 Å². The average molecular weight is 456 g/mol. The zero-order chi connectivity index (χ0) is 21.8. The molecule has 1 fully saturated rings. The topological polar surface area (TPSA) is 54.3 Å². The fraction of sp³-hybridized carbons (Fsp3) is 0.435. The standard InChI is InChI=1S/C23H29N5OS2/c1-17-6-7-18(2)21(15-17)28-19(3)24-25-23(28)31-16-22(29)27-12-10-26(11-13-27)9-8-20-5-4-14-30-20/h4-7,14-15H,8-13,16H2,1-3H3. The summed E-state index contributed by atoms with van der Waals surface area (Å²) in [6, 6.07) is 10.7. The molecule has 1 saturated heterocycles. The highest BCUT2D eigenvalue weighted by atomic mass is 32.2. The highest BCUT2D eigenvalue weighted by Crippen LogP contribution is 2.25. The van der Waals surface area contributed by atoms with Crippen LogP contribution in [0.4, 0.5) is 0 Å². The summed E-state index contributed by atoms with van der Waals surface area (Å²) in [6.45, 7) is 10.7. The Kier molecular flexibility index (Phi) is 7.09. The zero-order valence-electron chi connectivity index (χ0n) is 18.4. The second kappa shape index (κ2) is 9.97. The van der Waals surface area contributed by atoms with Gasteiger partial charge in [-0.25, -0.2) is 0 Å². The lowest BCUT2D eigenvalue weighted by atomic mass is 10.1. The van der Waals surface area contributed by atoms with Crippen molar-refractivity contribution in [3.63, 3.8) is 0 Å². The molecule has 1 aliphatic rings. The number of nitrogens with zero attached hydrogens (tertiary/aromatic N) is 5. The van der Waals surface area contributed by atoms with E-state index in [1.165, 1.54) is 27.8 Å². The second-order valence-corrected chi connectivity index (χ2v) is 9.97. The van der Waals surface area contributed by atoms with Crippen LogP contribution in [-0.4, -0.2) is 68.9 Å². The van der Waals surface area contributed by atoms with Crippen molar-refractivity contribution in [3.05, 3.63) is 57.5 Å². The van der Waals surface area contributed by atoms with Crippen LogP contribution in [0.15, 0.2) is 40.9 Å². The van der Waals surface area contributed by atoms with E-state index < -0.39 is 0 Å². The molecule has 3 heterocycles. The molecule has 3 aromatic rings. The van der Waals surface area contributed by atoms with Crippen molar-refractivity contribution < 1.29 is 4.79 Å². The van der Waals surface area contributed by atoms with Crippen molar-refractivity contribution >= 4 is 29.0 Å². The number of thiophene rings is 1. The number of aryl methyl sites for hydroxylation is 3. The van der Waals surface area contributed by atoms with Gasteiger partial charge in [0, 0.05) is 37.6 Å². The van der Waals surface area contributed by atoms with Crippen LogP contribution in [0.3, 0.4) is 0 Å². The van der Waals surface area contributed by atoms with Gasteiger partial charge in [0.1, 0.15) is 5.82 Å². The lowest BCUT2D eigenvalue weighted by molar-refractivity contribution is -0.130. The summed E-state index contributed by atoms with van der Waals surface area (Å²) in [4.78, 5) is 18.7. The number of piperazine rings is 1. The number of thioether (sulfide) groups is 1. The van der Waals surface area contributed by atoms with Crippen molar-refractivity contribution in [3.8, 4) is 5.69 Å². The van der Waals surface area contributed by atoms with Gasteiger partial charge in [0.05, 0.1) is 11.4 Å². The van der Waals surface area contributed by atoms with E-state index in [1.54, 1.807) is 0 Å². The molecule has 0 bridgehead atoms. The molecule has 6 nitrogen and oxygen atoms in total. The third kappa shape index (κ3) is 5.37. The molecule has 164 valence electrons. The van der Waals surface area contributed by atoms with Gasteiger partial charge in [-0.3, -0.25) is 14.3 Å². The maximum atomic E-state index is 12.8. The first-order valence-electron chi connectivity index (χ1n) is 10.7. The number of hydrogen-bond donors (Lipinski definition) is 0. The minimum Gasteiger partial charge on any atom is -0.339 e. The van der Waals surface area contributed by atoms with Gasteiger partial charge in [0.25, 0.3) is 0 Å². The monoisotopic (exact) mass is 455 g/mol. The van der Waals surface area contributed by atoms with Crippen LogP contribution in [0.5, 0.6) is 0 Å². The molecule has 0 aliphatic carbocycles. The fourth-order valence-electron chi connectivity index (χ4n) is 3.84. The summed E-state index contributed by atoms with van der Waals surface area (Å²) in [5.41, 5.74) is 3.44. The van der Waals surface area contributed by atoms with Crippen LogP contribution in [0.2, 0.25) is 0 Å². The van der Waals surface area contributed by atoms with Crippen LogP contribution in [-0.2, 0) is 11.2 Å². The normalized spacial score (nSPS) is 14.9. The molecule has 0 saturated carbocycles. The fourth-order valence-corrected chi connectivity index (χ4v) is 5.43. The molecule has 1 aliphatic heterocycles. The number of carbonyl (C=O) groups excluding carboxylic acids is 1. The van der Waals surface area contributed by atoms with Crippen molar-refractivity contribution in [2.75, 3.05) is 38.5 Å². The maximum absolute atomic E-state index is 12.8. The van der Waals surface area contributed by atoms with Crippen LogP contribution in [0, 0.1) is 20.8 Å². The molecule has 1 aromatic carbocycles. The van der Waals surface area contributed by atoms with Crippen molar-refractivity contribution in [2.45, 2.75) is 32.3 Å². The minimum absolute atomic E-state index is 0.177. The van der Waals surface area contributed by atoms with E-state index in [4.69, 9.17) is 0 Å². The molecule has 0 unspecified atom stereocenters. The van der Waals surface area contributed by atoms with E-state index in [1.807, 2.05) is 23.2 Å². The molecule has 0 atom stereocenters. The largest absolute Gasteiger partial charge is 0.339 e. The quantitative estimate of drug-likeness (QED) is 0.508. The van der Waals surface area contributed by atoms with Crippen molar-refractivity contribution in [1.82, 2.24) is 24.6 Å². The highest BCUT2D eigenvalue weighted by Gasteiger charge is 2.22. The summed E-state index contributed by atoms with van der Waals surface area (Å²) in [6.07, 6.45) is 1.09. The Morgan fingerprint density at radius 3 is 2.65 bits per heavy atom. The number of aromatic nitrogens is 3. The first kappa shape index (κ1) is 22.0. The number of benzene rings is 1. The van der Waals surface area contributed by atoms with Gasteiger partial charge in [-0.2, -0.15) is 0 Å². The SMILES string of the molecule is Cc1ccc(C)c(-n2c(C)nnc2SCC(=O)N2CCN(CCc3cccs3)CC2)c1. The van der Waals surface area contributed by atoms with Crippen LogP contribution >= 0.6 is 23.1 Å². The van der Waals surface area contributed by atoms with Gasteiger partial charge in [0.15, 0.2) is 5.16 Å². The van der Waals surface area contributed by atoms with Gasteiger partial charge >= 0.3 is 0 Å². The number of amides is 1. The predicted molar refractivity (Wildman–Crippen MR) is 127 cm³/mol. The number of hydrogen-bond acceptors (Lipinski definition) is 6. The lowest BCUT2D eigenvalue weighted by Crippen LogP contribution is -2.49. The Morgan fingerprint density at radius 2 is 1.90 bits per heavy atom. The first-order chi connectivity index (χ1) is 15.0. The minimum atomic E-state index is 0.177. The second-order valence-electron chi connectivity index (χ2n) is 8.00. The zero-order valence-corrected chi connectivity index (χ0v) is 20.0. The maximum Gasteiger partial charge on any atom is 0.233 e. The number of rotatable bonds is 7. The van der Waals surface area contributed by atoms with E-state index in [0.29, 0.717) is 5.75 Å². The molecule has 0 spiro atoms. The van der Waals surface area contributed by atoms with Gasteiger partial charge in [-0.05, 0) is 55.8 Å². The van der Waals surface area contributed by atoms with Crippen LogP contribution in [0.1, 0.15) is 21.8 Å². The smallest absolute Gasteiger partial charge is 0.233 e. The Bertz CT molecular complexity index is 1020. The van der Waals surface area contributed by atoms with E-state index >= 15 is 0 Å². The Labute approximate surface area is 192 Å². The first-order valence-corrected chi connectivity index (χ1v) is 12.5. The summed E-state index contributed by atoms with van der Waals surface area (Å²) < 4.78 is 2.06. The molecular formula is C23H29N5OS2. The van der Waals surface area contributed by atoms with E-state index in [-0.39, 0.29) is 5.91 Å². The molecule has 2 aromatic heterocycles. The predicted octanol–water partition coefficient (Wildman–Crippen LogP) is 3.73.